The van der Waals surface area contributed by atoms with Crippen molar-refractivity contribution >= 4 is 89.5 Å². The molecule has 0 amide bonds. The fourth-order valence-corrected chi connectivity index (χ4v) is 44.0. The summed E-state index contributed by atoms with van der Waals surface area (Å²) in [6.07, 6.45) is 0. The maximum absolute atomic E-state index is 6.64. The lowest BCUT2D eigenvalue weighted by molar-refractivity contribution is 0.262. The topological polar surface area (TPSA) is 83.1 Å². The average molecular weight is 671 g/mol. The molecular weight excluding hydrogens is 617 g/mol. The molecule has 0 aromatic carbocycles. The third-order valence-electron chi connectivity index (χ3n) is 3.88. The van der Waals surface area contributed by atoms with Crippen molar-refractivity contribution in [1.29, 1.82) is 0 Å². The summed E-state index contributed by atoms with van der Waals surface area (Å²) in [5.41, 5.74) is 0. The molecule has 0 aliphatic carbocycles. The third-order valence-corrected chi connectivity index (χ3v) is 34.9. The highest BCUT2D eigenvalue weighted by atomic mass is 28.5. The van der Waals surface area contributed by atoms with Crippen LogP contribution in [-0.4, -0.2) is 89.5 Å². The fraction of sp³-hybridized carbons (Fsp3) is 1.00. The van der Waals surface area contributed by atoms with Crippen LogP contribution in [0.25, 0.3) is 0 Å². The second kappa shape index (κ2) is 13.4. The van der Waals surface area contributed by atoms with Crippen molar-refractivity contribution in [2.24, 2.45) is 0 Å². The minimum atomic E-state index is -2.57. The van der Waals surface area contributed by atoms with Crippen molar-refractivity contribution < 1.29 is 37.0 Å². The second-order valence-corrected chi connectivity index (χ2v) is 44.3. The normalized spacial score (nSPS) is 16.5. The summed E-state index contributed by atoms with van der Waals surface area (Å²) >= 11 is 0. The highest BCUT2D eigenvalue weighted by molar-refractivity contribution is 6.91. The summed E-state index contributed by atoms with van der Waals surface area (Å²) in [7, 11) is -18.5. The monoisotopic (exact) mass is 670 g/mol. The molecule has 0 aromatic rings. The van der Waals surface area contributed by atoms with Gasteiger partial charge in [-0.25, -0.2) is 0 Å². The van der Waals surface area contributed by atoms with E-state index in [1.165, 1.54) is 0 Å². The average Bonchev–Trinajstić information content (AvgIpc) is 2.42. The van der Waals surface area contributed by atoms with Gasteiger partial charge >= 0.3 is 51.4 Å². The van der Waals surface area contributed by atoms with Gasteiger partial charge in [-0.05, 0) is 105 Å². The molecule has 1 atom stereocenters. The van der Waals surface area contributed by atoms with Crippen LogP contribution in [0.4, 0.5) is 0 Å². The van der Waals surface area contributed by atoms with E-state index in [-0.39, 0.29) is 0 Å². The van der Waals surface area contributed by atoms with E-state index in [1.807, 2.05) is 6.55 Å². The lowest BCUT2D eigenvalue weighted by Gasteiger charge is -2.43. The Balaban J connectivity index is 5.19. The molecule has 0 aromatic heterocycles. The summed E-state index contributed by atoms with van der Waals surface area (Å²) in [5, 5.41) is 0. The SMILES string of the molecule is C[SiH](O[SiH2]O[SiH3])O[Si](C)(C)O[Si](C)(C)O[Si](C)(C)O[Si](C)(C)O[Si](C)(C)O[Si](C)(C)O[Si](C)(C)C. The van der Waals surface area contributed by atoms with Crippen LogP contribution >= 0.6 is 0 Å². The predicted molar refractivity (Wildman–Crippen MR) is 169 cm³/mol. The minimum Gasteiger partial charge on any atom is -0.449 e. The Morgan fingerprint density at radius 3 is 1.06 bits per heavy atom. The van der Waals surface area contributed by atoms with Gasteiger partial charge < -0.3 is 37.0 Å². The van der Waals surface area contributed by atoms with Crippen molar-refractivity contribution in [1.82, 2.24) is 0 Å². The van der Waals surface area contributed by atoms with Gasteiger partial charge in [-0.1, -0.05) is 0 Å². The molecule has 0 aliphatic heterocycles. The summed E-state index contributed by atoms with van der Waals surface area (Å²) in [6, 6.07) is 0. The van der Waals surface area contributed by atoms with Crippen LogP contribution in [-0.2, 0) is 37.0 Å². The van der Waals surface area contributed by atoms with Gasteiger partial charge in [0, 0.05) is 0 Å². The molecule has 0 spiro atoms. The Hall–Kier alpha value is 1.81. The van der Waals surface area contributed by atoms with Crippen molar-refractivity contribution in [2.45, 2.75) is 105 Å². The molecule has 0 fully saturated rings. The largest absolute Gasteiger partial charge is 0.449 e. The van der Waals surface area contributed by atoms with E-state index in [4.69, 9.17) is 37.0 Å². The first-order valence-electron chi connectivity index (χ1n) is 12.2. The zero-order valence-electron chi connectivity index (χ0n) is 25.5. The molecule has 0 rings (SSSR count). The highest BCUT2D eigenvalue weighted by Crippen LogP contribution is 2.28. The number of hydrogen-bond acceptors (Lipinski definition) is 9. The lowest BCUT2D eigenvalue weighted by Crippen LogP contribution is -2.61. The van der Waals surface area contributed by atoms with Gasteiger partial charge in [0.05, 0.1) is 0 Å². The van der Waals surface area contributed by atoms with Gasteiger partial charge in [-0.2, -0.15) is 0 Å². The van der Waals surface area contributed by atoms with Crippen molar-refractivity contribution in [3.63, 3.8) is 0 Å². The van der Waals surface area contributed by atoms with E-state index < -0.39 is 79.0 Å². The fourth-order valence-electron chi connectivity index (χ4n) is 4.42. The molecule has 0 saturated carbocycles. The van der Waals surface area contributed by atoms with Crippen LogP contribution in [0, 0.1) is 0 Å². The quantitative estimate of drug-likeness (QED) is 0.217. The molecular formula is C16H54O9Si10. The molecule has 9 nitrogen and oxygen atoms in total. The molecule has 0 aliphatic rings. The minimum absolute atomic E-state index is 0.709. The number of rotatable bonds is 17. The van der Waals surface area contributed by atoms with Crippen LogP contribution in [0.5, 0.6) is 0 Å². The zero-order valence-corrected chi connectivity index (χ0v) is 37.0. The van der Waals surface area contributed by atoms with Gasteiger partial charge in [0.15, 0.2) is 8.32 Å². The summed E-state index contributed by atoms with van der Waals surface area (Å²) in [5.74, 6) is 0. The first-order chi connectivity index (χ1) is 15.2. The molecule has 1 unspecified atom stereocenters. The van der Waals surface area contributed by atoms with Gasteiger partial charge in [0.1, 0.15) is 10.5 Å². The van der Waals surface area contributed by atoms with E-state index in [0.29, 0.717) is 10.5 Å². The lowest BCUT2D eigenvalue weighted by atomic mass is 11.8. The molecule has 0 heterocycles. The maximum atomic E-state index is 6.64. The Labute approximate surface area is 230 Å². The second-order valence-electron chi connectivity index (χ2n) is 12.4. The van der Waals surface area contributed by atoms with Crippen molar-refractivity contribution in [3.05, 3.63) is 0 Å². The predicted octanol–water partition coefficient (Wildman–Crippen LogP) is 3.31. The van der Waals surface area contributed by atoms with Crippen molar-refractivity contribution in [2.75, 3.05) is 0 Å². The first-order valence-corrected chi connectivity index (χ1v) is 36.6. The van der Waals surface area contributed by atoms with E-state index in [2.05, 4.69) is 98.2 Å². The highest BCUT2D eigenvalue weighted by Gasteiger charge is 2.48. The first kappa shape index (κ1) is 36.8. The Morgan fingerprint density at radius 2 is 0.771 bits per heavy atom. The molecule has 0 saturated heterocycles. The smallest absolute Gasteiger partial charge is 0.314 e. The molecule has 35 heavy (non-hydrogen) atoms. The van der Waals surface area contributed by atoms with Crippen LogP contribution in [0.3, 0.4) is 0 Å². The van der Waals surface area contributed by atoms with Gasteiger partial charge in [-0.15, -0.1) is 0 Å². The Bertz CT molecular complexity index is 656. The molecule has 0 bridgehead atoms. The molecule has 0 N–H and O–H groups in total. The summed E-state index contributed by atoms with van der Waals surface area (Å²) in [4.78, 5) is 0. The molecule has 19 heteroatoms. The van der Waals surface area contributed by atoms with Gasteiger partial charge in [0.2, 0.25) is 0 Å². The van der Waals surface area contributed by atoms with E-state index >= 15 is 0 Å². The van der Waals surface area contributed by atoms with Gasteiger partial charge in [0.25, 0.3) is 19.3 Å². The summed E-state index contributed by atoms with van der Waals surface area (Å²) in [6.45, 7) is 33.5. The van der Waals surface area contributed by atoms with Crippen molar-refractivity contribution in [3.8, 4) is 0 Å². The van der Waals surface area contributed by atoms with E-state index in [9.17, 15) is 0 Å². The molecule has 212 valence electrons. The van der Waals surface area contributed by atoms with E-state index in [1.54, 1.807) is 0 Å². The maximum Gasteiger partial charge on any atom is 0.314 e. The molecule has 0 radical (unpaired) electrons. The van der Waals surface area contributed by atoms with Crippen LogP contribution in [0.2, 0.25) is 105 Å². The Kier molecular flexibility index (Phi) is 14.1. The Morgan fingerprint density at radius 1 is 0.486 bits per heavy atom. The van der Waals surface area contributed by atoms with Crippen LogP contribution in [0.15, 0.2) is 0 Å². The standard InChI is InChI=1S/C16H54O9Si10/c1-28(18-27-17-26)19-30(5,6)21-32(9,10)23-34(13,14)25-35(15,16)24-33(11,12)22-31(7,8)20-29(2,3)4/h28H,27H2,1-16,26H3. The summed E-state index contributed by atoms with van der Waals surface area (Å²) < 4.78 is 56.6. The third kappa shape index (κ3) is 18.7. The van der Waals surface area contributed by atoms with Gasteiger partial charge in [-0.3, -0.25) is 0 Å². The zero-order chi connectivity index (χ0) is 28.1. The van der Waals surface area contributed by atoms with Crippen LogP contribution < -0.4 is 0 Å². The van der Waals surface area contributed by atoms with E-state index in [0.717, 1.165) is 0 Å². The van der Waals surface area contributed by atoms with Crippen LogP contribution in [0.1, 0.15) is 0 Å². The number of hydrogen-bond donors (Lipinski definition) is 0.